The highest BCUT2D eigenvalue weighted by Gasteiger charge is 2.59. The number of carbonyl (C=O) groups is 2. The molecule has 140 valence electrons. The van der Waals surface area contributed by atoms with Gasteiger partial charge in [-0.05, 0) is 44.3 Å². The van der Waals surface area contributed by atoms with Crippen molar-refractivity contribution in [3.05, 3.63) is 0 Å². The molecule has 0 aliphatic carbocycles. The fraction of sp³-hybridized carbons (Fsp3) is 0.889. The maximum Gasteiger partial charge on any atom is 0.417 e. The molecular weight excluding hydrogens is 322 g/mol. The number of nitrogens with zero attached hydrogens (tertiary/aromatic N) is 1. The van der Waals surface area contributed by atoms with Gasteiger partial charge >= 0.3 is 6.09 Å². The fourth-order valence-corrected chi connectivity index (χ4v) is 5.97. The zero-order valence-corrected chi connectivity index (χ0v) is 17.9. The van der Waals surface area contributed by atoms with Crippen LogP contribution in [0, 0.1) is 5.41 Å². The molecule has 2 amide bonds. The van der Waals surface area contributed by atoms with Crippen molar-refractivity contribution in [3.63, 3.8) is 0 Å². The summed E-state index contributed by atoms with van der Waals surface area (Å²) in [7, 11) is -1.92. The number of imide groups is 1. The van der Waals surface area contributed by atoms with Crippen LogP contribution in [0.2, 0.25) is 18.1 Å². The van der Waals surface area contributed by atoms with Gasteiger partial charge in [0.05, 0.1) is 6.04 Å². The summed E-state index contributed by atoms with van der Waals surface area (Å²) in [6.07, 6.45) is -1.09. The number of ether oxygens (including phenoxy) is 1. The lowest BCUT2D eigenvalue weighted by Crippen LogP contribution is -2.73. The van der Waals surface area contributed by atoms with Gasteiger partial charge in [0.1, 0.15) is 11.7 Å². The maximum atomic E-state index is 12.7. The molecule has 6 heteroatoms. The lowest BCUT2D eigenvalue weighted by Gasteiger charge is -2.53. The summed E-state index contributed by atoms with van der Waals surface area (Å²) >= 11 is 0. The van der Waals surface area contributed by atoms with E-state index < -0.39 is 26.1 Å². The Labute approximate surface area is 148 Å². The van der Waals surface area contributed by atoms with E-state index in [4.69, 9.17) is 9.16 Å². The molecule has 0 aromatic heterocycles. The van der Waals surface area contributed by atoms with Crippen molar-refractivity contribution in [3.8, 4) is 0 Å². The number of β-lactam (4-membered cyclic amide) rings is 1. The Morgan fingerprint density at radius 1 is 1.04 bits per heavy atom. The molecule has 1 heterocycles. The maximum absolute atomic E-state index is 12.7. The van der Waals surface area contributed by atoms with Crippen molar-refractivity contribution in [1.29, 1.82) is 0 Å². The van der Waals surface area contributed by atoms with E-state index in [1.54, 1.807) is 20.8 Å². The van der Waals surface area contributed by atoms with Crippen molar-refractivity contribution in [2.75, 3.05) is 0 Å². The van der Waals surface area contributed by atoms with Crippen molar-refractivity contribution in [1.82, 2.24) is 4.90 Å². The minimum Gasteiger partial charge on any atom is -0.443 e. The van der Waals surface area contributed by atoms with Crippen LogP contribution in [-0.2, 0) is 14.0 Å². The number of hydrogen-bond donors (Lipinski definition) is 0. The van der Waals surface area contributed by atoms with Gasteiger partial charge < -0.3 is 9.16 Å². The Kier molecular flexibility index (Phi) is 6.31. The molecule has 1 fully saturated rings. The molecular formula is C18H35NO4Si. The summed E-state index contributed by atoms with van der Waals surface area (Å²) in [5.41, 5.74) is -0.884. The number of amides is 2. The van der Waals surface area contributed by atoms with E-state index in [-0.39, 0.29) is 17.4 Å². The molecule has 0 unspecified atom stereocenters. The second kappa shape index (κ2) is 7.16. The van der Waals surface area contributed by atoms with Gasteiger partial charge in [-0.3, -0.25) is 4.79 Å². The quantitative estimate of drug-likeness (QED) is 0.534. The largest absolute Gasteiger partial charge is 0.443 e. The summed E-state index contributed by atoms with van der Waals surface area (Å²) < 4.78 is 11.8. The fourth-order valence-electron chi connectivity index (χ4n) is 3.20. The van der Waals surface area contributed by atoms with E-state index in [1.165, 1.54) is 4.90 Å². The third kappa shape index (κ3) is 4.39. The number of carbonyl (C=O) groups excluding carboxylic acids is 2. The first-order valence-electron chi connectivity index (χ1n) is 9.05. The molecule has 0 aromatic rings. The van der Waals surface area contributed by atoms with Crippen molar-refractivity contribution < 1.29 is 18.8 Å². The molecule has 1 aliphatic rings. The van der Waals surface area contributed by atoms with Gasteiger partial charge in [-0.25, -0.2) is 9.69 Å². The lowest BCUT2D eigenvalue weighted by molar-refractivity contribution is -0.170. The minimum atomic E-state index is -1.92. The van der Waals surface area contributed by atoms with Crippen LogP contribution in [0.3, 0.4) is 0 Å². The van der Waals surface area contributed by atoms with Crippen LogP contribution in [0.5, 0.6) is 0 Å². The van der Waals surface area contributed by atoms with E-state index in [0.717, 1.165) is 18.1 Å². The zero-order valence-electron chi connectivity index (χ0n) is 16.9. The SMILES string of the molecule is CC[Si](CC)(CC)O[C@H]1C(=O)N(C(=O)OC(C)(C)C)[C@H]1C(C)(C)C. The van der Waals surface area contributed by atoms with Crippen LogP contribution < -0.4 is 0 Å². The Morgan fingerprint density at radius 2 is 1.50 bits per heavy atom. The van der Waals surface area contributed by atoms with Crippen molar-refractivity contribution >= 4 is 20.3 Å². The van der Waals surface area contributed by atoms with Crippen LogP contribution in [0.4, 0.5) is 4.79 Å². The topological polar surface area (TPSA) is 55.8 Å². The van der Waals surface area contributed by atoms with Gasteiger partial charge in [0.15, 0.2) is 8.32 Å². The van der Waals surface area contributed by atoms with Gasteiger partial charge in [-0.2, -0.15) is 0 Å². The smallest absolute Gasteiger partial charge is 0.417 e. The van der Waals surface area contributed by atoms with Crippen LogP contribution in [-0.4, -0.2) is 43.0 Å². The highest BCUT2D eigenvalue weighted by molar-refractivity contribution is 6.73. The Balaban J connectivity index is 3.05. The van der Waals surface area contributed by atoms with E-state index in [0.29, 0.717) is 0 Å². The van der Waals surface area contributed by atoms with E-state index in [1.807, 2.05) is 20.8 Å². The van der Waals surface area contributed by atoms with Gasteiger partial charge in [0.25, 0.3) is 5.91 Å². The van der Waals surface area contributed by atoms with Crippen LogP contribution >= 0.6 is 0 Å². The van der Waals surface area contributed by atoms with E-state index in [2.05, 4.69) is 20.8 Å². The predicted octanol–water partition coefficient (Wildman–Crippen LogP) is 4.57. The average molecular weight is 358 g/mol. The summed E-state index contributed by atoms with van der Waals surface area (Å²) in [6, 6.07) is 2.66. The third-order valence-electron chi connectivity index (χ3n) is 4.83. The van der Waals surface area contributed by atoms with Gasteiger partial charge in [-0.1, -0.05) is 41.5 Å². The lowest BCUT2D eigenvalue weighted by atomic mass is 9.77. The molecule has 0 radical (unpaired) electrons. The molecule has 0 saturated carbocycles. The molecule has 0 spiro atoms. The van der Waals surface area contributed by atoms with E-state index >= 15 is 0 Å². The Bertz CT molecular complexity index is 466. The van der Waals surface area contributed by atoms with Crippen LogP contribution in [0.25, 0.3) is 0 Å². The molecule has 24 heavy (non-hydrogen) atoms. The molecule has 0 N–H and O–H groups in total. The highest BCUT2D eigenvalue weighted by Crippen LogP contribution is 2.40. The first-order valence-corrected chi connectivity index (χ1v) is 11.6. The van der Waals surface area contributed by atoms with Crippen molar-refractivity contribution in [2.24, 2.45) is 5.41 Å². The van der Waals surface area contributed by atoms with Crippen molar-refractivity contribution in [2.45, 2.75) is 98.2 Å². The molecule has 5 nitrogen and oxygen atoms in total. The molecule has 2 atom stereocenters. The zero-order chi connectivity index (χ0) is 18.9. The van der Waals surface area contributed by atoms with Gasteiger partial charge in [-0.15, -0.1) is 0 Å². The van der Waals surface area contributed by atoms with Crippen LogP contribution in [0.1, 0.15) is 62.3 Å². The van der Waals surface area contributed by atoms with Crippen LogP contribution in [0.15, 0.2) is 0 Å². The average Bonchev–Trinajstić information content (AvgIpc) is 2.43. The predicted molar refractivity (Wildman–Crippen MR) is 98.4 cm³/mol. The second-order valence-corrected chi connectivity index (χ2v) is 13.5. The minimum absolute atomic E-state index is 0.253. The van der Waals surface area contributed by atoms with Gasteiger partial charge in [0.2, 0.25) is 0 Å². The third-order valence-corrected chi connectivity index (χ3v) is 9.45. The molecule has 1 aliphatic heterocycles. The molecule has 0 bridgehead atoms. The standard InChI is InChI=1S/C18H35NO4Si/c1-10-24(11-2,12-3)23-13-14(17(4,5)6)19(15(13)20)16(21)22-18(7,8)9/h13-14H,10-12H2,1-9H3/t13-,14-/m1/s1. The summed E-state index contributed by atoms with van der Waals surface area (Å²) in [5, 5.41) is 0. The first-order chi connectivity index (χ1) is 10.8. The Morgan fingerprint density at radius 3 is 1.83 bits per heavy atom. The highest BCUT2D eigenvalue weighted by atomic mass is 28.4. The summed E-state index contributed by atoms with van der Waals surface area (Å²) in [6.45, 7) is 17.9. The van der Waals surface area contributed by atoms with E-state index in [9.17, 15) is 9.59 Å². The monoisotopic (exact) mass is 357 g/mol. The van der Waals surface area contributed by atoms with Gasteiger partial charge in [0, 0.05) is 0 Å². The normalized spacial score (nSPS) is 22.4. The second-order valence-electron chi connectivity index (χ2n) is 8.78. The number of likely N-dealkylation sites (tertiary alicyclic amines) is 1. The number of rotatable bonds is 5. The molecule has 0 aromatic carbocycles. The summed E-state index contributed by atoms with van der Waals surface area (Å²) in [4.78, 5) is 26.4. The molecule has 1 saturated heterocycles. The molecule has 1 rings (SSSR count). The Hall–Kier alpha value is -0.883. The summed E-state index contributed by atoms with van der Waals surface area (Å²) in [5.74, 6) is -0.253. The first kappa shape index (κ1) is 21.2. The number of hydrogen-bond acceptors (Lipinski definition) is 4.